The lowest BCUT2D eigenvalue weighted by Crippen LogP contribution is -2.51. The van der Waals surface area contributed by atoms with E-state index in [0.717, 1.165) is 0 Å². The van der Waals surface area contributed by atoms with E-state index in [-0.39, 0.29) is 25.4 Å². The second kappa shape index (κ2) is 7.00. The zero-order chi connectivity index (χ0) is 15.2. The maximum atomic E-state index is 13.0. The molecule has 0 aromatic heterocycles. The van der Waals surface area contributed by atoms with Gasteiger partial charge in [-0.3, -0.25) is 9.59 Å². The van der Waals surface area contributed by atoms with Gasteiger partial charge >= 0.3 is 5.97 Å². The Hall–Kier alpha value is -1.95. The van der Waals surface area contributed by atoms with E-state index in [4.69, 9.17) is 9.84 Å². The second-order valence-corrected chi connectivity index (χ2v) is 4.92. The van der Waals surface area contributed by atoms with E-state index >= 15 is 0 Å². The van der Waals surface area contributed by atoms with Crippen LogP contribution in [0, 0.1) is 5.82 Å². The summed E-state index contributed by atoms with van der Waals surface area (Å²) in [6, 6.07) is 5.71. The number of aliphatic carboxylic acids is 1. The van der Waals surface area contributed by atoms with Crippen LogP contribution in [0.1, 0.15) is 18.9 Å². The summed E-state index contributed by atoms with van der Waals surface area (Å²) >= 11 is 0. The number of methoxy groups -OCH3 is 1. The van der Waals surface area contributed by atoms with Crippen LogP contribution in [-0.4, -0.2) is 36.2 Å². The predicted octanol–water partition coefficient (Wildman–Crippen LogP) is 1.36. The Bertz CT molecular complexity index is 492. The summed E-state index contributed by atoms with van der Waals surface area (Å²) in [5.41, 5.74) is -0.469. The molecule has 5 nitrogen and oxygen atoms in total. The van der Waals surface area contributed by atoms with Gasteiger partial charge in [-0.25, -0.2) is 4.39 Å². The molecule has 0 heterocycles. The Morgan fingerprint density at radius 1 is 1.45 bits per heavy atom. The molecule has 1 amide bonds. The molecule has 1 aromatic rings. The summed E-state index contributed by atoms with van der Waals surface area (Å²) in [5.74, 6) is -1.83. The highest BCUT2D eigenvalue weighted by Gasteiger charge is 2.29. The lowest BCUT2D eigenvalue weighted by Gasteiger charge is -2.28. The quantitative estimate of drug-likeness (QED) is 0.792. The molecule has 1 aromatic carbocycles. The van der Waals surface area contributed by atoms with Gasteiger partial charge in [0.15, 0.2) is 0 Å². The average molecular weight is 283 g/mol. The molecule has 6 heteroatoms. The zero-order valence-electron chi connectivity index (χ0n) is 11.5. The number of carbonyl (C=O) groups is 2. The normalized spacial score (nSPS) is 13.6. The Balaban J connectivity index is 2.68. The van der Waals surface area contributed by atoms with Crippen molar-refractivity contribution in [2.24, 2.45) is 0 Å². The first-order chi connectivity index (χ1) is 9.34. The van der Waals surface area contributed by atoms with Crippen LogP contribution in [0.15, 0.2) is 24.3 Å². The molecule has 1 atom stereocenters. The molecular weight excluding hydrogens is 265 g/mol. The number of ether oxygens (including phenoxy) is 1. The first-order valence-corrected chi connectivity index (χ1v) is 6.11. The molecule has 1 unspecified atom stereocenters. The summed E-state index contributed by atoms with van der Waals surface area (Å²) in [6.45, 7) is 1.67. The molecule has 20 heavy (non-hydrogen) atoms. The molecule has 110 valence electrons. The highest BCUT2D eigenvalue weighted by Crippen LogP contribution is 2.12. The van der Waals surface area contributed by atoms with E-state index in [1.165, 1.54) is 25.3 Å². The van der Waals surface area contributed by atoms with E-state index in [2.05, 4.69) is 5.32 Å². The van der Waals surface area contributed by atoms with Crippen molar-refractivity contribution in [1.29, 1.82) is 0 Å². The van der Waals surface area contributed by atoms with Crippen molar-refractivity contribution in [1.82, 2.24) is 5.32 Å². The van der Waals surface area contributed by atoms with Crippen molar-refractivity contribution in [3.05, 3.63) is 35.6 Å². The molecule has 0 spiro atoms. The van der Waals surface area contributed by atoms with Crippen LogP contribution < -0.4 is 5.32 Å². The maximum absolute atomic E-state index is 13.0. The number of carboxylic acids is 1. The molecule has 0 bridgehead atoms. The number of benzene rings is 1. The molecule has 1 rings (SSSR count). The molecule has 0 saturated carbocycles. The third-order valence-corrected chi connectivity index (χ3v) is 2.70. The molecular formula is C14H18FNO4. The van der Waals surface area contributed by atoms with Crippen LogP contribution >= 0.6 is 0 Å². The smallest absolute Gasteiger partial charge is 0.305 e. The fourth-order valence-electron chi connectivity index (χ4n) is 2.00. The average Bonchev–Trinajstić information content (AvgIpc) is 2.26. The number of hydrogen-bond donors (Lipinski definition) is 2. The van der Waals surface area contributed by atoms with Crippen LogP contribution in [-0.2, 0) is 20.7 Å². The fourth-order valence-corrected chi connectivity index (χ4v) is 2.00. The van der Waals surface area contributed by atoms with Crippen molar-refractivity contribution in [3.8, 4) is 0 Å². The van der Waals surface area contributed by atoms with Crippen molar-refractivity contribution < 1.29 is 23.8 Å². The Kier molecular flexibility index (Phi) is 5.64. The van der Waals surface area contributed by atoms with E-state index < -0.39 is 17.3 Å². The van der Waals surface area contributed by atoms with Gasteiger partial charge in [0.05, 0.1) is 25.0 Å². The van der Waals surface area contributed by atoms with Gasteiger partial charge < -0.3 is 15.2 Å². The Morgan fingerprint density at radius 3 is 2.70 bits per heavy atom. The molecule has 0 aliphatic heterocycles. The van der Waals surface area contributed by atoms with Crippen LogP contribution in [0.25, 0.3) is 0 Å². The summed E-state index contributed by atoms with van der Waals surface area (Å²) in [6.07, 6.45) is -0.271. The van der Waals surface area contributed by atoms with Gasteiger partial charge in [-0.05, 0) is 24.6 Å². The summed E-state index contributed by atoms with van der Waals surface area (Å²) < 4.78 is 18.0. The summed E-state index contributed by atoms with van der Waals surface area (Å²) in [4.78, 5) is 22.7. The molecule has 0 saturated heterocycles. The second-order valence-electron chi connectivity index (χ2n) is 4.92. The molecule has 0 aliphatic rings. The van der Waals surface area contributed by atoms with Gasteiger partial charge in [0.25, 0.3) is 0 Å². The van der Waals surface area contributed by atoms with Crippen LogP contribution in [0.5, 0.6) is 0 Å². The number of halogens is 1. The van der Waals surface area contributed by atoms with E-state index in [9.17, 15) is 14.0 Å². The van der Waals surface area contributed by atoms with E-state index in [1.807, 2.05) is 0 Å². The lowest BCUT2D eigenvalue weighted by molar-refractivity contribution is -0.139. The topological polar surface area (TPSA) is 75.6 Å². The number of hydrogen-bond acceptors (Lipinski definition) is 3. The first kappa shape index (κ1) is 16.1. The van der Waals surface area contributed by atoms with Crippen molar-refractivity contribution in [2.45, 2.75) is 25.3 Å². The molecule has 0 radical (unpaired) electrons. The van der Waals surface area contributed by atoms with Gasteiger partial charge in [0.2, 0.25) is 5.91 Å². The largest absolute Gasteiger partial charge is 0.481 e. The molecule has 2 N–H and O–H groups in total. The zero-order valence-corrected chi connectivity index (χ0v) is 11.5. The minimum atomic E-state index is -1.03. The van der Waals surface area contributed by atoms with Gasteiger partial charge in [0.1, 0.15) is 5.82 Å². The van der Waals surface area contributed by atoms with E-state index in [1.54, 1.807) is 13.0 Å². The number of carbonyl (C=O) groups excluding carboxylic acids is 1. The Labute approximate surface area is 116 Å². The minimum absolute atomic E-state index is 0.0172. The van der Waals surface area contributed by atoms with Gasteiger partial charge in [-0.2, -0.15) is 0 Å². The van der Waals surface area contributed by atoms with Crippen LogP contribution in [0.2, 0.25) is 0 Å². The Morgan fingerprint density at radius 2 is 2.15 bits per heavy atom. The summed E-state index contributed by atoms with van der Waals surface area (Å²) in [7, 11) is 1.43. The number of rotatable bonds is 7. The number of carboxylic acid groups (broad SMARTS) is 1. The van der Waals surface area contributed by atoms with Crippen molar-refractivity contribution in [3.63, 3.8) is 0 Å². The highest BCUT2D eigenvalue weighted by molar-refractivity contribution is 5.80. The number of nitrogens with one attached hydrogen (secondary N) is 1. The third kappa shape index (κ3) is 5.36. The van der Waals surface area contributed by atoms with E-state index in [0.29, 0.717) is 5.56 Å². The first-order valence-electron chi connectivity index (χ1n) is 6.11. The third-order valence-electron chi connectivity index (χ3n) is 2.70. The van der Waals surface area contributed by atoms with Gasteiger partial charge in [-0.1, -0.05) is 12.1 Å². The number of amides is 1. The van der Waals surface area contributed by atoms with Gasteiger partial charge in [0, 0.05) is 7.11 Å². The SMILES string of the molecule is COCC(C)(CC(=O)O)NC(=O)Cc1cccc(F)c1. The monoisotopic (exact) mass is 283 g/mol. The standard InChI is InChI=1S/C14H18FNO4/c1-14(9-20-2,8-13(18)19)16-12(17)7-10-4-3-5-11(15)6-10/h3-6H,7-9H2,1-2H3,(H,16,17)(H,18,19). The summed E-state index contributed by atoms with van der Waals surface area (Å²) in [5, 5.41) is 11.5. The predicted molar refractivity (Wildman–Crippen MR) is 70.8 cm³/mol. The maximum Gasteiger partial charge on any atom is 0.305 e. The van der Waals surface area contributed by atoms with Gasteiger partial charge in [-0.15, -0.1) is 0 Å². The fraction of sp³-hybridized carbons (Fsp3) is 0.429. The lowest BCUT2D eigenvalue weighted by atomic mass is 9.98. The highest BCUT2D eigenvalue weighted by atomic mass is 19.1. The van der Waals surface area contributed by atoms with Crippen molar-refractivity contribution in [2.75, 3.05) is 13.7 Å². The molecule has 0 aliphatic carbocycles. The van der Waals surface area contributed by atoms with Crippen molar-refractivity contribution >= 4 is 11.9 Å². The van der Waals surface area contributed by atoms with Crippen LogP contribution in [0.4, 0.5) is 4.39 Å². The molecule has 0 fully saturated rings. The van der Waals surface area contributed by atoms with Crippen LogP contribution in [0.3, 0.4) is 0 Å². The minimum Gasteiger partial charge on any atom is -0.481 e.